The Bertz CT molecular complexity index is 247. The average molecular weight is 180 g/mol. The van der Waals surface area contributed by atoms with Crippen molar-refractivity contribution in [2.24, 2.45) is 0 Å². The summed E-state index contributed by atoms with van der Waals surface area (Å²) in [6.45, 7) is 7.03. The van der Waals surface area contributed by atoms with E-state index in [1.807, 2.05) is 13.0 Å². The third-order valence-corrected chi connectivity index (χ3v) is 1.43. The lowest BCUT2D eigenvalue weighted by molar-refractivity contribution is -0.116. The Labute approximate surface area is 79.6 Å². The van der Waals surface area contributed by atoms with Gasteiger partial charge in [-0.25, -0.2) is 0 Å². The van der Waals surface area contributed by atoms with Gasteiger partial charge in [-0.2, -0.15) is 0 Å². The highest BCUT2D eigenvalue weighted by Crippen LogP contribution is 2.07. The summed E-state index contributed by atoms with van der Waals surface area (Å²) in [5.41, 5.74) is 0.988. The minimum Gasteiger partial charge on any atom is -0.497 e. The molecule has 0 saturated carbocycles. The van der Waals surface area contributed by atoms with Crippen molar-refractivity contribution in [2.45, 2.75) is 20.3 Å². The molecule has 0 radical (unpaired) electrons. The average Bonchev–Trinajstić information content (AvgIpc) is 2.02. The second kappa shape index (κ2) is 6.23. The zero-order valence-electron chi connectivity index (χ0n) is 8.46. The van der Waals surface area contributed by atoms with Crippen molar-refractivity contribution in [3.05, 3.63) is 36.1 Å². The lowest BCUT2D eigenvalue weighted by Gasteiger charge is -2.01. The van der Waals surface area contributed by atoms with Crippen molar-refractivity contribution in [3.63, 3.8) is 0 Å². The van der Waals surface area contributed by atoms with Crippen LogP contribution in [-0.4, -0.2) is 12.9 Å². The van der Waals surface area contributed by atoms with E-state index in [9.17, 15) is 4.79 Å². The van der Waals surface area contributed by atoms with Crippen LogP contribution < -0.4 is 0 Å². The number of allylic oxidation sites excluding steroid dienone is 4. The van der Waals surface area contributed by atoms with Gasteiger partial charge >= 0.3 is 0 Å². The zero-order valence-corrected chi connectivity index (χ0v) is 8.46. The minimum absolute atomic E-state index is 0.155. The first kappa shape index (κ1) is 11.7. The van der Waals surface area contributed by atoms with Crippen LogP contribution in [0.15, 0.2) is 36.1 Å². The smallest absolute Gasteiger partial charge is 0.133 e. The molecule has 0 rings (SSSR count). The molecule has 0 aromatic carbocycles. The maximum atomic E-state index is 10.8. The number of ether oxygens (including phenoxy) is 1. The molecule has 0 spiro atoms. The predicted octanol–water partition coefficient (Wildman–Crippen LogP) is 2.63. The van der Waals surface area contributed by atoms with E-state index >= 15 is 0 Å². The Hall–Kier alpha value is -1.31. The van der Waals surface area contributed by atoms with Gasteiger partial charge in [0.05, 0.1) is 7.11 Å². The molecule has 2 heteroatoms. The summed E-state index contributed by atoms with van der Waals surface area (Å²) in [5, 5.41) is 0. The molecule has 0 amide bonds. The fourth-order valence-corrected chi connectivity index (χ4v) is 0.978. The molecule has 0 aromatic rings. The van der Waals surface area contributed by atoms with Gasteiger partial charge in [-0.3, -0.25) is 4.79 Å². The molecular formula is C11H16O2. The van der Waals surface area contributed by atoms with Gasteiger partial charge in [-0.05, 0) is 26.0 Å². The van der Waals surface area contributed by atoms with Gasteiger partial charge in [0, 0.05) is 6.42 Å². The zero-order chi connectivity index (χ0) is 10.3. The van der Waals surface area contributed by atoms with Crippen molar-refractivity contribution in [3.8, 4) is 0 Å². The first-order valence-electron chi connectivity index (χ1n) is 4.13. The highest BCUT2D eigenvalue weighted by molar-refractivity contribution is 5.78. The molecule has 0 fully saturated rings. The fourth-order valence-electron chi connectivity index (χ4n) is 0.978. The van der Waals surface area contributed by atoms with E-state index in [0.717, 1.165) is 5.57 Å². The van der Waals surface area contributed by atoms with Gasteiger partial charge in [0.25, 0.3) is 0 Å². The van der Waals surface area contributed by atoms with Crippen LogP contribution in [0.5, 0.6) is 0 Å². The van der Waals surface area contributed by atoms with Crippen molar-refractivity contribution in [1.29, 1.82) is 0 Å². The number of Topliss-reactive ketones (excluding diaryl/α,β-unsaturated/α-hetero) is 1. The topological polar surface area (TPSA) is 26.3 Å². The highest BCUT2D eigenvalue weighted by Gasteiger charge is 1.96. The Balaban J connectivity index is 4.41. The van der Waals surface area contributed by atoms with Gasteiger partial charge in [-0.15, -0.1) is 0 Å². The van der Waals surface area contributed by atoms with Crippen LogP contribution in [0.25, 0.3) is 0 Å². The van der Waals surface area contributed by atoms with E-state index in [1.165, 1.54) is 0 Å². The van der Waals surface area contributed by atoms with E-state index in [0.29, 0.717) is 12.2 Å². The van der Waals surface area contributed by atoms with Crippen LogP contribution >= 0.6 is 0 Å². The first-order valence-corrected chi connectivity index (χ1v) is 4.13. The Morgan fingerprint density at radius 3 is 2.46 bits per heavy atom. The number of rotatable bonds is 5. The van der Waals surface area contributed by atoms with Crippen molar-refractivity contribution >= 4 is 5.78 Å². The third kappa shape index (κ3) is 5.91. The minimum atomic E-state index is 0.155. The van der Waals surface area contributed by atoms with Crippen molar-refractivity contribution < 1.29 is 9.53 Å². The number of ketones is 1. The van der Waals surface area contributed by atoms with E-state index in [4.69, 9.17) is 4.74 Å². The van der Waals surface area contributed by atoms with Gasteiger partial charge < -0.3 is 4.74 Å². The molecule has 0 bridgehead atoms. The summed E-state index contributed by atoms with van der Waals surface area (Å²) in [4.78, 5) is 10.8. The molecule has 0 unspecified atom stereocenters. The molecule has 72 valence electrons. The monoisotopic (exact) mass is 180 g/mol. The molecule has 0 aliphatic rings. The summed E-state index contributed by atoms with van der Waals surface area (Å²) in [5.74, 6) is 0.872. The predicted molar refractivity (Wildman–Crippen MR) is 54.3 cm³/mol. The molecule has 0 heterocycles. The number of hydrogen-bond donors (Lipinski definition) is 0. The molecule has 0 saturated heterocycles. The van der Waals surface area contributed by atoms with E-state index < -0.39 is 0 Å². The second-order valence-electron chi connectivity index (χ2n) is 2.88. The molecule has 0 N–H and O–H groups in total. The van der Waals surface area contributed by atoms with Gasteiger partial charge in [0.1, 0.15) is 11.5 Å². The lowest BCUT2D eigenvalue weighted by atomic mass is 10.1. The summed E-state index contributed by atoms with van der Waals surface area (Å²) >= 11 is 0. The van der Waals surface area contributed by atoms with Gasteiger partial charge in [0.2, 0.25) is 0 Å². The number of methoxy groups -OCH3 is 1. The molecular weight excluding hydrogens is 164 g/mol. The van der Waals surface area contributed by atoms with E-state index in [1.54, 1.807) is 26.2 Å². The van der Waals surface area contributed by atoms with Crippen LogP contribution in [-0.2, 0) is 9.53 Å². The molecule has 0 aliphatic carbocycles. The molecule has 0 atom stereocenters. The molecule has 0 aliphatic heterocycles. The second-order valence-corrected chi connectivity index (χ2v) is 2.88. The third-order valence-electron chi connectivity index (χ3n) is 1.43. The van der Waals surface area contributed by atoms with E-state index in [-0.39, 0.29) is 5.78 Å². The Kier molecular flexibility index (Phi) is 5.60. The van der Waals surface area contributed by atoms with Crippen molar-refractivity contribution in [2.75, 3.05) is 7.11 Å². The standard InChI is InChI=1S/C11H16O2/c1-5-6-11(13-4)8-9(2)7-10(3)12/h5-6,8H,1,7H2,2-4H3/b9-8+,11-6+. The van der Waals surface area contributed by atoms with Crippen LogP contribution in [0.4, 0.5) is 0 Å². The summed E-state index contributed by atoms with van der Waals surface area (Å²) in [6.07, 6.45) is 5.71. The number of carbonyl (C=O) groups is 1. The lowest BCUT2D eigenvalue weighted by Crippen LogP contribution is -1.92. The van der Waals surface area contributed by atoms with Crippen molar-refractivity contribution in [1.82, 2.24) is 0 Å². The Morgan fingerprint density at radius 1 is 1.46 bits per heavy atom. The largest absolute Gasteiger partial charge is 0.497 e. The number of carbonyl (C=O) groups excluding carboxylic acids is 1. The number of hydrogen-bond acceptors (Lipinski definition) is 2. The summed E-state index contributed by atoms with van der Waals surface area (Å²) in [7, 11) is 1.59. The molecule has 13 heavy (non-hydrogen) atoms. The molecule has 2 nitrogen and oxygen atoms in total. The van der Waals surface area contributed by atoms with Crippen LogP contribution in [0.3, 0.4) is 0 Å². The summed E-state index contributed by atoms with van der Waals surface area (Å²) < 4.78 is 5.05. The quantitative estimate of drug-likeness (QED) is 0.480. The fraction of sp³-hybridized carbons (Fsp3) is 0.364. The van der Waals surface area contributed by atoms with Crippen LogP contribution in [0.1, 0.15) is 20.3 Å². The normalized spacial score (nSPS) is 12.5. The maximum Gasteiger partial charge on any atom is 0.133 e. The summed E-state index contributed by atoms with van der Waals surface area (Å²) in [6, 6.07) is 0. The van der Waals surface area contributed by atoms with E-state index in [2.05, 4.69) is 6.58 Å². The highest BCUT2D eigenvalue weighted by atomic mass is 16.5. The van der Waals surface area contributed by atoms with Crippen LogP contribution in [0.2, 0.25) is 0 Å². The van der Waals surface area contributed by atoms with Gasteiger partial charge in [-0.1, -0.05) is 18.2 Å². The first-order chi connectivity index (χ1) is 6.10. The Morgan fingerprint density at radius 2 is 2.08 bits per heavy atom. The maximum absolute atomic E-state index is 10.8. The van der Waals surface area contributed by atoms with Crippen LogP contribution in [0, 0.1) is 0 Å². The van der Waals surface area contributed by atoms with Gasteiger partial charge in [0.15, 0.2) is 0 Å². The SMILES string of the molecule is C=C/C=C(\C=C(/C)CC(C)=O)OC. The molecule has 0 aromatic heterocycles.